The number of fused-ring (bicyclic) bond motifs is 2. The van der Waals surface area contributed by atoms with Crippen molar-refractivity contribution in [2.45, 2.75) is 37.9 Å². The number of imide groups is 1. The Hall–Kier alpha value is -3.71. The summed E-state index contributed by atoms with van der Waals surface area (Å²) in [7, 11) is 4.82. The van der Waals surface area contributed by atoms with Crippen molar-refractivity contribution in [1.29, 1.82) is 5.26 Å². The molecule has 0 bridgehead atoms. The standard InChI is InChI=1S/C24H24N6O3S/c1-28-19-20(29(2)24(32)30(3)22(19)31)27-23(28)33-15-8-6-7-14(11-15)13-26-21-17(12-25)16-9-4-5-10-18(16)34-21/h6-8,11,13,19-20H,4-5,9-10H2,1-3H3/t19-,20-/m1/s1. The van der Waals surface area contributed by atoms with Crippen LogP contribution in [-0.2, 0) is 17.6 Å². The topological polar surface area (TPSA) is 102 Å². The number of amides is 3. The average Bonchev–Trinajstić information content (AvgIpc) is 3.37. The number of likely N-dealkylation sites (N-methyl/N-ethyl adjacent to an activating group) is 3. The van der Waals surface area contributed by atoms with E-state index in [-0.39, 0.29) is 11.9 Å². The molecule has 3 aliphatic rings. The van der Waals surface area contributed by atoms with Gasteiger partial charge in [0.2, 0.25) is 0 Å². The maximum atomic E-state index is 12.6. The van der Waals surface area contributed by atoms with Gasteiger partial charge in [-0.2, -0.15) is 5.26 Å². The second-order valence-corrected chi connectivity index (χ2v) is 9.69. The molecule has 3 heterocycles. The smallest absolute Gasteiger partial charge is 0.328 e. The number of nitriles is 1. The minimum atomic E-state index is -0.629. The van der Waals surface area contributed by atoms with Crippen LogP contribution in [0.5, 0.6) is 5.75 Å². The molecule has 2 aliphatic heterocycles. The van der Waals surface area contributed by atoms with E-state index in [4.69, 9.17) is 4.74 Å². The van der Waals surface area contributed by atoms with Crippen LogP contribution in [0.15, 0.2) is 34.3 Å². The summed E-state index contributed by atoms with van der Waals surface area (Å²) < 4.78 is 6.01. The number of aryl methyl sites for hydroxylation is 1. The van der Waals surface area contributed by atoms with Crippen molar-refractivity contribution in [2.75, 3.05) is 21.1 Å². The van der Waals surface area contributed by atoms with Crippen molar-refractivity contribution < 1.29 is 14.3 Å². The fraction of sp³-hybridized carbons (Fsp3) is 0.375. The minimum absolute atomic E-state index is 0.269. The molecule has 1 aromatic heterocycles. The highest BCUT2D eigenvalue weighted by Gasteiger charge is 2.50. The number of hydrogen-bond donors (Lipinski definition) is 0. The van der Waals surface area contributed by atoms with E-state index in [0.717, 1.165) is 46.7 Å². The van der Waals surface area contributed by atoms with E-state index in [1.807, 2.05) is 18.2 Å². The zero-order valence-corrected chi connectivity index (χ0v) is 20.0. The van der Waals surface area contributed by atoms with Gasteiger partial charge in [-0.05, 0) is 48.9 Å². The summed E-state index contributed by atoms with van der Waals surface area (Å²) in [6.07, 6.45) is 5.35. The Morgan fingerprint density at radius 1 is 1.21 bits per heavy atom. The van der Waals surface area contributed by atoms with Gasteiger partial charge >= 0.3 is 6.03 Å². The summed E-state index contributed by atoms with van der Waals surface area (Å²) in [5.74, 6) is 0.222. The van der Waals surface area contributed by atoms with Crippen LogP contribution in [0.2, 0.25) is 0 Å². The molecule has 1 fully saturated rings. The van der Waals surface area contributed by atoms with Gasteiger partial charge in [-0.1, -0.05) is 12.1 Å². The molecule has 0 N–H and O–H groups in total. The Kier molecular flexibility index (Phi) is 5.57. The highest BCUT2D eigenvalue weighted by atomic mass is 32.1. The van der Waals surface area contributed by atoms with Crippen LogP contribution in [0.4, 0.5) is 9.80 Å². The molecule has 34 heavy (non-hydrogen) atoms. The number of hydrogen-bond acceptors (Lipinski definition) is 8. The molecule has 3 amide bonds. The van der Waals surface area contributed by atoms with E-state index in [0.29, 0.717) is 11.3 Å². The predicted molar refractivity (Wildman–Crippen MR) is 129 cm³/mol. The maximum absolute atomic E-state index is 12.6. The van der Waals surface area contributed by atoms with Crippen LogP contribution in [0.1, 0.15) is 34.4 Å². The Balaban J connectivity index is 1.36. The number of carbonyl (C=O) groups excluding carboxylic acids is 2. The van der Waals surface area contributed by atoms with E-state index in [2.05, 4.69) is 16.1 Å². The number of benzene rings is 1. The van der Waals surface area contributed by atoms with Crippen LogP contribution < -0.4 is 4.74 Å². The first-order valence-electron chi connectivity index (χ1n) is 11.1. The lowest BCUT2D eigenvalue weighted by Gasteiger charge is -2.38. The highest BCUT2D eigenvalue weighted by Crippen LogP contribution is 2.39. The summed E-state index contributed by atoms with van der Waals surface area (Å²) in [4.78, 5) is 39.5. The normalized spacial score (nSPS) is 22.1. The summed E-state index contributed by atoms with van der Waals surface area (Å²) in [6, 6.07) is 8.95. The largest absolute Gasteiger partial charge is 0.426 e. The number of amidine groups is 1. The van der Waals surface area contributed by atoms with Gasteiger partial charge in [-0.3, -0.25) is 9.69 Å². The van der Waals surface area contributed by atoms with Gasteiger partial charge in [0.15, 0.2) is 12.2 Å². The van der Waals surface area contributed by atoms with Crippen molar-refractivity contribution in [3.05, 3.63) is 45.8 Å². The average molecular weight is 477 g/mol. The van der Waals surface area contributed by atoms with Crippen molar-refractivity contribution >= 4 is 40.5 Å². The summed E-state index contributed by atoms with van der Waals surface area (Å²) in [5, 5.41) is 10.4. The van der Waals surface area contributed by atoms with Crippen molar-refractivity contribution in [2.24, 2.45) is 9.98 Å². The third-order valence-corrected chi connectivity index (χ3v) is 7.68. The molecule has 174 valence electrons. The van der Waals surface area contributed by atoms with Gasteiger partial charge in [0.25, 0.3) is 11.9 Å². The number of thiophene rings is 1. The maximum Gasteiger partial charge on any atom is 0.328 e. The van der Waals surface area contributed by atoms with E-state index in [1.54, 1.807) is 42.6 Å². The van der Waals surface area contributed by atoms with Gasteiger partial charge in [0.05, 0.1) is 5.56 Å². The van der Waals surface area contributed by atoms with Crippen molar-refractivity contribution in [3.63, 3.8) is 0 Å². The molecule has 0 unspecified atom stereocenters. The lowest BCUT2D eigenvalue weighted by Crippen LogP contribution is -2.63. The van der Waals surface area contributed by atoms with Crippen LogP contribution in [0.3, 0.4) is 0 Å². The first kappa shape index (κ1) is 22.1. The fourth-order valence-electron chi connectivity index (χ4n) is 4.58. The second kappa shape index (κ2) is 8.57. The predicted octanol–water partition coefficient (Wildman–Crippen LogP) is 3.15. The summed E-state index contributed by atoms with van der Waals surface area (Å²) in [5.41, 5.74) is 2.67. The summed E-state index contributed by atoms with van der Waals surface area (Å²) >= 11 is 1.60. The van der Waals surface area contributed by atoms with Gasteiger partial charge in [-0.15, -0.1) is 11.3 Å². The molecule has 0 radical (unpaired) electrons. The monoisotopic (exact) mass is 476 g/mol. The quantitative estimate of drug-likeness (QED) is 0.634. The molecule has 1 aromatic carbocycles. The van der Waals surface area contributed by atoms with E-state index < -0.39 is 18.2 Å². The van der Waals surface area contributed by atoms with Crippen LogP contribution in [0.25, 0.3) is 0 Å². The number of rotatable bonds is 3. The van der Waals surface area contributed by atoms with Crippen molar-refractivity contribution in [1.82, 2.24) is 14.7 Å². The van der Waals surface area contributed by atoms with Crippen LogP contribution in [-0.4, -0.2) is 72.2 Å². The third-order valence-electron chi connectivity index (χ3n) is 6.48. The zero-order chi connectivity index (χ0) is 24.0. The number of carbonyl (C=O) groups is 2. The first-order valence-corrected chi connectivity index (χ1v) is 11.9. The number of nitrogens with zero attached hydrogens (tertiary/aromatic N) is 6. The van der Waals surface area contributed by atoms with Crippen LogP contribution in [0, 0.1) is 11.3 Å². The Morgan fingerprint density at radius 2 is 2.00 bits per heavy atom. The highest BCUT2D eigenvalue weighted by molar-refractivity contribution is 7.16. The molecule has 1 saturated heterocycles. The van der Waals surface area contributed by atoms with Gasteiger partial charge < -0.3 is 14.5 Å². The Morgan fingerprint density at radius 3 is 2.79 bits per heavy atom. The van der Waals surface area contributed by atoms with Gasteiger partial charge in [-0.25, -0.2) is 14.8 Å². The third kappa shape index (κ3) is 3.62. The lowest BCUT2D eigenvalue weighted by molar-refractivity contribution is -0.135. The molecule has 1 aliphatic carbocycles. The second-order valence-electron chi connectivity index (χ2n) is 8.61. The van der Waals surface area contributed by atoms with E-state index in [9.17, 15) is 14.9 Å². The molecular formula is C24H24N6O3S. The van der Waals surface area contributed by atoms with Crippen LogP contribution >= 0.6 is 11.3 Å². The number of aliphatic imine (C=N–C) groups is 2. The molecule has 2 atom stereocenters. The Labute approximate surface area is 201 Å². The Bertz CT molecular complexity index is 1280. The first-order chi connectivity index (χ1) is 16.4. The van der Waals surface area contributed by atoms with E-state index in [1.165, 1.54) is 16.8 Å². The van der Waals surface area contributed by atoms with Crippen molar-refractivity contribution in [3.8, 4) is 11.8 Å². The minimum Gasteiger partial charge on any atom is -0.426 e. The number of urea groups is 1. The molecular weight excluding hydrogens is 452 g/mol. The van der Waals surface area contributed by atoms with Gasteiger partial charge in [0, 0.05) is 32.2 Å². The molecule has 0 spiro atoms. The van der Waals surface area contributed by atoms with E-state index >= 15 is 0 Å². The molecule has 9 nitrogen and oxygen atoms in total. The summed E-state index contributed by atoms with van der Waals surface area (Å²) in [6.45, 7) is 0. The molecule has 2 aromatic rings. The molecule has 10 heteroatoms. The molecule has 0 saturated carbocycles. The number of ether oxygens (including phenoxy) is 1. The fourth-order valence-corrected chi connectivity index (χ4v) is 5.76. The lowest BCUT2D eigenvalue weighted by atomic mass is 9.96. The SMILES string of the molecule is CN1C(=O)[C@H]2[C@H](N=C(Oc3cccc(C=Nc4sc5c(c4C#N)CCCC5)c3)N2C)N(C)C1=O. The zero-order valence-electron chi connectivity index (χ0n) is 19.2. The van der Waals surface area contributed by atoms with Gasteiger partial charge in [0.1, 0.15) is 16.8 Å². The molecule has 5 rings (SSSR count).